The summed E-state index contributed by atoms with van der Waals surface area (Å²) >= 11 is 0. The number of carbonyl (C=O) groups excluding carboxylic acids is 1. The van der Waals surface area contributed by atoms with Crippen LogP contribution >= 0.6 is 0 Å². The molecule has 1 unspecified atom stereocenters. The molecule has 1 amide bonds. The summed E-state index contributed by atoms with van der Waals surface area (Å²) in [7, 11) is 0. The molecule has 0 aromatic carbocycles. The molecule has 2 N–H and O–H groups in total. The lowest BCUT2D eigenvalue weighted by molar-refractivity contribution is -0.141. The molecule has 1 aliphatic rings. The van der Waals surface area contributed by atoms with Gasteiger partial charge in [-0.3, -0.25) is 14.0 Å². The van der Waals surface area contributed by atoms with Gasteiger partial charge in [0.05, 0.1) is 17.6 Å². The third kappa shape index (κ3) is 4.58. The van der Waals surface area contributed by atoms with Crippen LogP contribution in [0.5, 0.6) is 0 Å². The molecule has 4 rings (SSSR count). The lowest BCUT2D eigenvalue weighted by Gasteiger charge is -2.09. The molecular weight excluding hydrogens is 418 g/mol. The number of amides is 1. The molecule has 0 radical (unpaired) electrons. The molecule has 12 heteroatoms. The van der Waals surface area contributed by atoms with Crippen molar-refractivity contribution in [1.82, 2.24) is 29.6 Å². The van der Waals surface area contributed by atoms with Crippen LogP contribution in [0.15, 0.2) is 30.9 Å². The van der Waals surface area contributed by atoms with E-state index in [0.717, 1.165) is 42.0 Å². The van der Waals surface area contributed by atoms with Crippen molar-refractivity contribution in [3.8, 4) is 5.82 Å². The molecule has 164 valence electrons. The van der Waals surface area contributed by atoms with E-state index in [-0.39, 0.29) is 23.1 Å². The van der Waals surface area contributed by atoms with Gasteiger partial charge in [0.1, 0.15) is 12.9 Å². The first-order chi connectivity index (χ1) is 14.7. The number of alkyl halides is 3. The standard InChI is InChI=1S/C19H19F4N7O/c1-11-4-16(19(21,22)23)28-30(11)9-17(31)27-13-5-14(20)18(25-7-13)29-8-15(26-10-29)12-2-3-24-6-12/h4-5,7-8,10,12,24H,2-3,6,9H2,1H3,(H,27,31). The number of nitrogens with zero attached hydrogens (tertiary/aromatic N) is 5. The molecule has 0 saturated carbocycles. The number of aromatic nitrogens is 5. The zero-order valence-corrected chi connectivity index (χ0v) is 16.4. The topological polar surface area (TPSA) is 89.7 Å². The summed E-state index contributed by atoms with van der Waals surface area (Å²) in [4.78, 5) is 20.6. The Bertz CT molecular complexity index is 1100. The smallest absolute Gasteiger partial charge is 0.323 e. The van der Waals surface area contributed by atoms with Crippen LogP contribution in [-0.4, -0.2) is 43.3 Å². The van der Waals surface area contributed by atoms with E-state index in [2.05, 4.69) is 25.7 Å². The number of nitrogens with one attached hydrogen (secondary N) is 2. The number of aryl methyl sites for hydroxylation is 1. The summed E-state index contributed by atoms with van der Waals surface area (Å²) in [5, 5.41) is 9.06. The zero-order valence-electron chi connectivity index (χ0n) is 16.4. The Hall–Kier alpha value is -3.28. The van der Waals surface area contributed by atoms with Gasteiger partial charge in [0.2, 0.25) is 5.91 Å². The largest absolute Gasteiger partial charge is 0.435 e. The predicted molar refractivity (Wildman–Crippen MR) is 102 cm³/mol. The van der Waals surface area contributed by atoms with Crippen LogP contribution in [0.4, 0.5) is 23.2 Å². The van der Waals surface area contributed by atoms with Crippen molar-refractivity contribution in [2.45, 2.75) is 32.0 Å². The number of carbonyl (C=O) groups is 1. The quantitative estimate of drug-likeness (QED) is 0.599. The van der Waals surface area contributed by atoms with Gasteiger partial charge in [0, 0.05) is 30.4 Å². The minimum absolute atomic E-state index is 0.0282. The highest BCUT2D eigenvalue weighted by molar-refractivity contribution is 5.90. The molecule has 1 atom stereocenters. The van der Waals surface area contributed by atoms with Crippen LogP contribution in [-0.2, 0) is 17.5 Å². The molecule has 0 spiro atoms. The molecule has 1 aliphatic heterocycles. The Morgan fingerprint density at radius 3 is 2.77 bits per heavy atom. The summed E-state index contributed by atoms with van der Waals surface area (Å²) in [6, 6.07) is 1.94. The van der Waals surface area contributed by atoms with E-state index in [1.165, 1.54) is 24.0 Å². The van der Waals surface area contributed by atoms with Crippen LogP contribution in [0.25, 0.3) is 5.82 Å². The van der Waals surface area contributed by atoms with Gasteiger partial charge in [0.25, 0.3) is 0 Å². The lowest BCUT2D eigenvalue weighted by Crippen LogP contribution is -2.21. The first-order valence-electron chi connectivity index (χ1n) is 9.52. The fourth-order valence-electron chi connectivity index (χ4n) is 3.41. The maximum atomic E-state index is 14.6. The molecular formula is C19H19F4N7O. The van der Waals surface area contributed by atoms with Crippen LogP contribution < -0.4 is 10.6 Å². The highest BCUT2D eigenvalue weighted by Gasteiger charge is 2.34. The molecule has 3 aromatic rings. The van der Waals surface area contributed by atoms with Crippen molar-refractivity contribution in [1.29, 1.82) is 0 Å². The van der Waals surface area contributed by atoms with E-state index in [0.29, 0.717) is 0 Å². The monoisotopic (exact) mass is 437 g/mol. The lowest BCUT2D eigenvalue weighted by atomic mass is 10.1. The summed E-state index contributed by atoms with van der Waals surface area (Å²) in [5.41, 5.74) is 0.0160. The van der Waals surface area contributed by atoms with E-state index in [9.17, 15) is 22.4 Å². The third-order valence-corrected chi connectivity index (χ3v) is 5.00. The molecule has 0 aliphatic carbocycles. The average Bonchev–Trinajstić information content (AvgIpc) is 3.42. The maximum absolute atomic E-state index is 14.6. The van der Waals surface area contributed by atoms with E-state index < -0.39 is 30.1 Å². The normalized spacial score (nSPS) is 16.6. The molecule has 0 bridgehead atoms. The second-order valence-electron chi connectivity index (χ2n) is 7.30. The first kappa shape index (κ1) is 21.0. The summed E-state index contributed by atoms with van der Waals surface area (Å²) in [6.07, 6.45) is 0.829. The minimum Gasteiger partial charge on any atom is -0.323 e. The summed E-state index contributed by atoms with van der Waals surface area (Å²) in [5.74, 6) is -1.04. The fourth-order valence-corrected chi connectivity index (χ4v) is 3.41. The molecule has 31 heavy (non-hydrogen) atoms. The van der Waals surface area contributed by atoms with E-state index in [1.54, 1.807) is 6.20 Å². The maximum Gasteiger partial charge on any atom is 0.435 e. The molecule has 1 saturated heterocycles. The van der Waals surface area contributed by atoms with Gasteiger partial charge in [0.15, 0.2) is 17.3 Å². The van der Waals surface area contributed by atoms with Crippen LogP contribution in [0.3, 0.4) is 0 Å². The fraction of sp³-hybridized carbons (Fsp3) is 0.368. The third-order valence-electron chi connectivity index (χ3n) is 5.00. The Morgan fingerprint density at radius 2 is 2.13 bits per heavy atom. The van der Waals surface area contributed by atoms with Gasteiger partial charge in [-0.2, -0.15) is 18.3 Å². The Balaban J connectivity index is 1.44. The van der Waals surface area contributed by atoms with Gasteiger partial charge in [-0.25, -0.2) is 14.4 Å². The van der Waals surface area contributed by atoms with Crippen LogP contribution in [0, 0.1) is 12.7 Å². The first-order valence-corrected chi connectivity index (χ1v) is 9.52. The Labute approximate surface area is 174 Å². The number of hydrogen-bond donors (Lipinski definition) is 2. The Kier molecular flexibility index (Phi) is 5.48. The minimum atomic E-state index is -4.60. The number of anilines is 1. The van der Waals surface area contributed by atoms with Crippen molar-refractivity contribution in [3.05, 3.63) is 53.8 Å². The second kappa shape index (κ2) is 8.10. The van der Waals surface area contributed by atoms with Gasteiger partial charge in [-0.15, -0.1) is 0 Å². The number of hydrogen-bond acceptors (Lipinski definition) is 5. The average molecular weight is 437 g/mol. The molecule has 3 aromatic heterocycles. The van der Waals surface area contributed by atoms with Crippen LogP contribution in [0.2, 0.25) is 0 Å². The molecule has 4 heterocycles. The second-order valence-corrected chi connectivity index (χ2v) is 7.30. The van der Waals surface area contributed by atoms with Crippen LogP contribution in [0.1, 0.15) is 29.4 Å². The summed E-state index contributed by atoms with van der Waals surface area (Å²) in [6.45, 7) is 2.68. The zero-order chi connectivity index (χ0) is 22.2. The number of pyridine rings is 1. The van der Waals surface area contributed by atoms with Gasteiger partial charge < -0.3 is 10.6 Å². The number of halogens is 4. The molecule has 1 fully saturated rings. The van der Waals surface area contributed by atoms with Crippen molar-refractivity contribution < 1.29 is 22.4 Å². The molecule has 8 nitrogen and oxygen atoms in total. The SMILES string of the molecule is Cc1cc(C(F)(F)F)nn1CC(=O)Nc1cnc(-n2cnc(C3CCNC3)c2)c(F)c1. The van der Waals surface area contributed by atoms with Crippen molar-refractivity contribution in [3.63, 3.8) is 0 Å². The van der Waals surface area contributed by atoms with Gasteiger partial charge >= 0.3 is 6.18 Å². The van der Waals surface area contributed by atoms with Gasteiger partial charge in [-0.05, 0) is 26.0 Å². The van der Waals surface area contributed by atoms with Crippen molar-refractivity contribution in [2.75, 3.05) is 18.4 Å². The van der Waals surface area contributed by atoms with Crippen molar-refractivity contribution >= 4 is 11.6 Å². The van der Waals surface area contributed by atoms with E-state index >= 15 is 0 Å². The summed E-state index contributed by atoms with van der Waals surface area (Å²) < 4.78 is 55.2. The highest BCUT2D eigenvalue weighted by Crippen LogP contribution is 2.28. The number of rotatable bonds is 5. The van der Waals surface area contributed by atoms with Gasteiger partial charge in [-0.1, -0.05) is 0 Å². The predicted octanol–water partition coefficient (Wildman–Crippen LogP) is 2.65. The van der Waals surface area contributed by atoms with Crippen molar-refractivity contribution in [2.24, 2.45) is 0 Å². The number of imidazole rings is 1. The highest BCUT2D eigenvalue weighted by atomic mass is 19.4. The Morgan fingerprint density at radius 1 is 1.32 bits per heavy atom. The van der Waals surface area contributed by atoms with E-state index in [1.807, 2.05) is 0 Å². The van der Waals surface area contributed by atoms with E-state index in [4.69, 9.17) is 0 Å².